The molecule has 0 unspecified atom stereocenters. The van der Waals surface area contributed by atoms with E-state index in [1.165, 1.54) is 16.3 Å². The number of nitrogens with zero attached hydrogens (tertiary/aromatic N) is 3. The summed E-state index contributed by atoms with van der Waals surface area (Å²) in [4.78, 5) is 20.9. The van der Waals surface area contributed by atoms with Crippen molar-refractivity contribution in [3.05, 3.63) is 48.0 Å². The largest absolute Gasteiger partial charge is 0.354 e. The van der Waals surface area contributed by atoms with Crippen LogP contribution in [0.1, 0.15) is 19.4 Å². The summed E-state index contributed by atoms with van der Waals surface area (Å²) in [6.07, 6.45) is 0. The molecule has 1 aliphatic heterocycles. The van der Waals surface area contributed by atoms with Gasteiger partial charge in [-0.15, -0.1) is 0 Å². The first kappa shape index (κ1) is 21.1. The molecule has 1 amide bonds. The number of carbonyl (C=O) groups excluding carboxylic acids is 1. The molecule has 6 nitrogen and oxygen atoms in total. The average molecular weight is 396 g/mol. The molecule has 1 aliphatic rings. The van der Waals surface area contributed by atoms with Gasteiger partial charge < -0.3 is 15.5 Å². The van der Waals surface area contributed by atoms with E-state index >= 15 is 0 Å². The normalized spacial score (nSPS) is 15.7. The van der Waals surface area contributed by atoms with Crippen LogP contribution in [0.25, 0.3) is 10.8 Å². The van der Waals surface area contributed by atoms with Crippen molar-refractivity contribution in [1.29, 1.82) is 0 Å². The Labute approximate surface area is 174 Å². The van der Waals surface area contributed by atoms with E-state index in [-0.39, 0.29) is 11.8 Å². The molecule has 0 radical (unpaired) electrons. The van der Waals surface area contributed by atoms with Crippen molar-refractivity contribution in [2.45, 2.75) is 20.4 Å². The SMILES string of the molecule is CN=C(NCCNC(=O)C(C)C)N1CCN(Cc2cccc3ccccc23)CC1. The number of nitrogens with one attached hydrogen (secondary N) is 2. The Balaban J connectivity index is 1.47. The summed E-state index contributed by atoms with van der Waals surface area (Å²) in [5.74, 6) is 1.02. The fraction of sp³-hybridized carbons (Fsp3) is 0.478. The highest BCUT2D eigenvalue weighted by molar-refractivity contribution is 5.85. The van der Waals surface area contributed by atoms with Crippen molar-refractivity contribution in [2.24, 2.45) is 10.9 Å². The fourth-order valence-electron chi connectivity index (χ4n) is 3.69. The van der Waals surface area contributed by atoms with E-state index in [9.17, 15) is 4.79 Å². The minimum Gasteiger partial charge on any atom is -0.354 e. The Morgan fingerprint density at radius 3 is 2.41 bits per heavy atom. The standard InChI is InChI=1S/C23H33N5O/c1-18(2)22(29)25-11-12-26-23(24-3)28-15-13-27(14-16-28)17-20-9-6-8-19-7-4-5-10-21(19)20/h4-10,18H,11-17H2,1-3H3,(H,24,26)(H,25,29). The molecule has 156 valence electrons. The zero-order valence-electron chi connectivity index (χ0n) is 17.8. The molecule has 6 heteroatoms. The molecule has 3 rings (SSSR count). The summed E-state index contributed by atoms with van der Waals surface area (Å²) in [7, 11) is 1.82. The first-order chi connectivity index (χ1) is 14.1. The Hall–Kier alpha value is -2.60. The Morgan fingerprint density at radius 2 is 1.69 bits per heavy atom. The summed E-state index contributed by atoms with van der Waals surface area (Å²) in [5, 5.41) is 8.94. The number of guanidine groups is 1. The Bertz CT molecular complexity index is 835. The second kappa shape index (κ2) is 10.3. The molecule has 0 aliphatic carbocycles. The van der Waals surface area contributed by atoms with Gasteiger partial charge in [0.2, 0.25) is 5.91 Å². The van der Waals surface area contributed by atoms with Gasteiger partial charge in [0.1, 0.15) is 0 Å². The van der Waals surface area contributed by atoms with E-state index in [4.69, 9.17) is 0 Å². The van der Waals surface area contributed by atoms with E-state index in [1.807, 2.05) is 20.9 Å². The van der Waals surface area contributed by atoms with Gasteiger partial charge in [-0.1, -0.05) is 56.3 Å². The molecular weight excluding hydrogens is 362 g/mol. The van der Waals surface area contributed by atoms with Crippen LogP contribution in [0.5, 0.6) is 0 Å². The van der Waals surface area contributed by atoms with Crippen molar-refractivity contribution < 1.29 is 4.79 Å². The highest BCUT2D eigenvalue weighted by Crippen LogP contribution is 2.20. The van der Waals surface area contributed by atoms with Gasteiger partial charge in [-0.2, -0.15) is 0 Å². The number of rotatable bonds is 6. The number of piperazine rings is 1. The van der Waals surface area contributed by atoms with E-state index in [1.54, 1.807) is 0 Å². The number of amides is 1. The molecule has 1 heterocycles. The van der Waals surface area contributed by atoms with E-state index in [2.05, 4.69) is 67.9 Å². The van der Waals surface area contributed by atoms with E-state index in [0.717, 1.165) is 38.7 Å². The molecule has 0 spiro atoms. The lowest BCUT2D eigenvalue weighted by Crippen LogP contribution is -2.53. The first-order valence-electron chi connectivity index (χ1n) is 10.5. The fourth-order valence-corrected chi connectivity index (χ4v) is 3.69. The predicted octanol–water partition coefficient (Wildman–Crippen LogP) is 2.31. The molecule has 2 aromatic carbocycles. The van der Waals surface area contributed by atoms with Crippen LogP contribution < -0.4 is 10.6 Å². The Morgan fingerprint density at radius 1 is 1.00 bits per heavy atom. The van der Waals surface area contributed by atoms with Crippen LogP contribution in [-0.2, 0) is 11.3 Å². The molecule has 0 bridgehead atoms. The molecule has 1 fully saturated rings. The summed E-state index contributed by atoms with van der Waals surface area (Å²) >= 11 is 0. The lowest BCUT2D eigenvalue weighted by molar-refractivity contribution is -0.123. The molecule has 0 saturated carbocycles. The second-order valence-corrected chi connectivity index (χ2v) is 7.82. The van der Waals surface area contributed by atoms with Crippen molar-refractivity contribution in [1.82, 2.24) is 20.4 Å². The first-order valence-corrected chi connectivity index (χ1v) is 10.5. The third kappa shape index (κ3) is 5.70. The van der Waals surface area contributed by atoms with Crippen LogP contribution in [0, 0.1) is 5.92 Å². The van der Waals surface area contributed by atoms with Gasteiger partial charge >= 0.3 is 0 Å². The van der Waals surface area contributed by atoms with Gasteiger partial charge in [0.15, 0.2) is 5.96 Å². The monoisotopic (exact) mass is 395 g/mol. The maximum Gasteiger partial charge on any atom is 0.222 e. The molecule has 1 saturated heterocycles. The maximum absolute atomic E-state index is 11.6. The molecule has 0 atom stereocenters. The smallest absolute Gasteiger partial charge is 0.222 e. The summed E-state index contributed by atoms with van der Waals surface area (Å²) < 4.78 is 0. The topological polar surface area (TPSA) is 60.0 Å². The minimum absolute atomic E-state index is 0.0177. The summed E-state index contributed by atoms with van der Waals surface area (Å²) in [6, 6.07) is 15.2. The van der Waals surface area contributed by atoms with Gasteiger partial charge in [0.25, 0.3) is 0 Å². The van der Waals surface area contributed by atoms with Crippen LogP contribution >= 0.6 is 0 Å². The van der Waals surface area contributed by atoms with Crippen molar-refractivity contribution in [3.63, 3.8) is 0 Å². The van der Waals surface area contributed by atoms with Gasteiger partial charge in [-0.05, 0) is 16.3 Å². The molecular formula is C23H33N5O. The van der Waals surface area contributed by atoms with Gasteiger partial charge in [-0.25, -0.2) is 0 Å². The van der Waals surface area contributed by atoms with Crippen molar-refractivity contribution in [3.8, 4) is 0 Å². The summed E-state index contributed by atoms with van der Waals surface area (Å²) in [6.45, 7) is 9.98. The lowest BCUT2D eigenvalue weighted by Gasteiger charge is -2.36. The van der Waals surface area contributed by atoms with Crippen LogP contribution in [0.15, 0.2) is 47.5 Å². The van der Waals surface area contributed by atoms with E-state index < -0.39 is 0 Å². The third-order valence-electron chi connectivity index (χ3n) is 5.39. The molecule has 2 N–H and O–H groups in total. The quantitative estimate of drug-likeness (QED) is 0.448. The van der Waals surface area contributed by atoms with Crippen LogP contribution in [0.4, 0.5) is 0 Å². The van der Waals surface area contributed by atoms with Gasteiger partial charge in [0.05, 0.1) is 0 Å². The number of hydrogen-bond donors (Lipinski definition) is 2. The number of carbonyl (C=O) groups is 1. The maximum atomic E-state index is 11.6. The van der Waals surface area contributed by atoms with Gasteiger partial charge in [-0.3, -0.25) is 14.7 Å². The zero-order valence-corrected chi connectivity index (χ0v) is 17.8. The third-order valence-corrected chi connectivity index (χ3v) is 5.39. The van der Waals surface area contributed by atoms with Crippen LogP contribution in [-0.4, -0.2) is 68.0 Å². The minimum atomic E-state index is 0.0177. The highest BCUT2D eigenvalue weighted by Gasteiger charge is 2.20. The number of hydrogen-bond acceptors (Lipinski definition) is 3. The van der Waals surface area contributed by atoms with E-state index in [0.29, 0.717) is 13.1 Å². The number of fused-ring (bicyclic) bond motifs is 1. The van der Waals surface area contributed by atoms with Crippen molar-refractivity contribution >= 4 is 22.6 Å². The summed E-state index contributed by atoms with van der Waals surface area (Å²) in [5.41, 5.74) is 1.39. The molecule has 29 heavy (non-hydrogen) atoms. The average Bonchev–Trinajstić information content (AvgIpc) is 2.74. The molecule has 2 aromatic rings. The van der Waals surface area contributed by atoms with Gasteiger partial charge in [0, 0.05) is 58.8 Å². The van der Waals surface area contributed by atoms with Crippen LogP contribution in [0.2, 0.25) is 0 Å². The zero-order chi connectivity index (χ0) is 20.6. The predicted molar refractivity (Wildman–Crippen MR) is 120 cm³/mol. The second-order valence-electron chi connectivity index (χ2n) is 7.82. The lowest BCUT2D eigenvalue weighted by atomic mass is 10.0. The van der Waals surface area contributed by atoms with Crippen molar-refractivity contribution in [2.75, 3.05) is 46.3 Å². The Kier molecular flexibility index (Phi) is 7.47. The number of benzene rings is 2. The highest BCUT2D eigenvalue weighted by atomic mass is 16.1. The molecule has 0 aromatic heterocycles. The number of aliphatic imine (C=N–C) groups is 1. The van der Waals surface area contributed by atoms with Crippen LogP contribution in [0.3, 0.4) is 0 Å².